The molecule has 3 unspecified atom stereocenters. The zero-order chi connectivity index (χ0) is 9.38. The van der Waals surface area contributed by atoms with Crippen molar-refractivity contribution in [1.29, 1.82) is 0 Å². The molecule has 0 spiro atoms. The Morgan fingerprint density at radius 3 is 2.43 bits per heavy atom. The molecule has 3 atom stereocenters. The van der Waals surface area contributed by atoms with Gasteiger partial charge in [0.25, 0.3) is 0 Å². The minimum absolute atomic E-state index is 0.669. The average Bonchev–Trinajstić information content (AvgIpc) is 2.57. The summed E-state index contributed by atoms with van der Waals surface area (Å²) in [5.74, 6) is 2.09. The summed E-state index contributed by atoms with van der Waals surface area (Å²) in [7, 11) is 0. The first kappa shape index (κ1) is 9.17. The lowest BCUT2D eigenvalue weighted by molar-refractivity contribution is 0.0730. The normalized spacial score (nSPS) is 43.3. The molecule has 0 aromatic heterocycles. The first-order chi connectivity index (χ1) is 6.93. The molecule has 1 saturated heterocycles. The molecule has 3 fully saturated rings. The Labute approximate surface area is 86.4 Å². The van der Waals surface area contributed by atoms with E-state index in [0.717, 1.165) is 31.1 Å². The second kappa shape index (κ2) is 3.82. The van der Waals surface area contributed by atoms with Gasteiger partial charge in [-0.25, -0.2) is 0 Å². The SMILES string of the molecule is C1CC(C2CCC2NC2CCOC2)C1. The van der Waals surface area contributed by atoms with Crippen LogP contribution in [0.3, 0.4) is 0 Å². The van der Waals surface area contributed by atoms with Crippen LogP contribution < -0.4 is 5.32 Å². The van der Waals surface area contributed by atoms with Gasteiger partial charge >= 0.3 is 0 Å². The molecule has 1 aliphatic heterocycles. The van der Waals surface area contributed by atoms with E-state index in [1.165, 1.54) is 38.5 Å². The van der Waals surface area contributed by atoms with Crippen molar-refractivity contribution in [1.82, 2.24) is 5.32 Å². The molecule has 80 valence electrons. The van der Waals surface area contributed by atoms with Crippen LogP contribution in [0.25, 0.3) is 0 Å². The van der Waals surface area contributed by atoms with Crippen LogP contribution in [0.1, 0.15) is 38.5 Å². The second-order valence-corrected chi connectivity index (χ2v) is 5.27. The molecular formula is C12H21NO. The van der Waals surface area contributed by atoms with Crippen molar-refractivity contribution in [2.45, 2.75) is 50.6 Å². The fourth-order valence-corrected chi connectivity index (χ4v) is 3.13. The van der Waals surface area contributed by atoms with E-state index in [1.54, 1.807) is 0 Å². The molecule has 2 nitrogen and oxygen atoms in total. The molecule has 0 aromatic rings. The maximum Gasteiger partial charge on any atom is 0.0620 e. The second-order valence-electron chi connectivity index (χ2n) is 5.27. The number of nitrogens with one attached hydrogen (secondary N) is 1. The Kier molecular flexibility index (Phi) is 2.50. The van der Waals surface area contributed by atoms with Crippen LogP contribution in [0.5, 0.6) is 0 Å². The Morgan fingerprint density at radius 1 is 1.00 bits per heavy atom. The highest BCUT2D eigenvalue weighted by Gasteiger charge is 2.40. The van der Waals surface area contributed by atoms with Crippen molar-refractivity contribution in [2.24, 2.45) is 11.8 Å². The van der Waals surface area contributed by atoms with Gasteiger partial charge in [-0.1, -0.05) is 19.3 Å². The maximum atomic E-state index is 5.40. The van der Waals surface area contributed by atoms with Crippen LogP contribution in [0, 0.1) is 11.8 Å². The molecule has 0 aromatic carbocycles. The molecule has 0 amide bonds. The van der Waals surface area contributed by atoms with Crippen LogP contribution in [0.2, 0.25) is 0 Å². The van der Waals surface area contributed by atoms with Crippen LogP contribution in [-0.4, -0.2) is 25.3 Å². The first-order valence-electron chi connectivity index (χ1n) is 6.27. The summed E-state index contributed by atoms with van der Waals surface area (Å²) >= 11 is 0. The Balaban J connectivity index is 1.47. The van der Waals surface area contributed by atoms with Gasteiger partial charge in [0.05, 0.1) is 6.61 Å². The van der Waals surface area contributed by atoms with E-state index in [-0.39, 0.29) is 0 Å². The summed E-state index contributed by atoms with van der Waals surface area (Å²) < 4.78 is 5.40. The molecule has 0 radical (unpaired) electrons. The van der Waals surface area contributed by atoms with Gasteiger partial charge in [-0.15, -0.1) is 0 Å². The van der Waals surface area contributed by atoms with Crippen molar-refractivity contribution in [2.75, 3.05) is 13.2 Å². The molecule has 1 heterocycles. The van der Waals surface area contributed by atoms with E-state index in [9.17, 15) is 0 Å². The van der Waals surface area contributed by atoms with Crippen molar-refractivity contribution in [3.8, 4) is 0 Å². The third-order valence-electron chi connectivity index (χ3n) is 4.46. The lowest BCUT2D eigenvalue weighted by Crippen LogP contribution is -2.52. The summed E-state index contributed by atoms with van der Waals surface area (Å²) in [6.07, 6.45) is 8.62. The van der Waals surface area contributed by atoms with Crippen LogP contribution >= 0.6 is 0 Å². The van der Waals surface area contributed by atoms with Crippen molar-refractivity contribution in [3.63, 3.8) is 0 Å². The fraction of sp³-hybridized carbons (Fsp3) is 1.00. The minimum atomic E-state index is 0.669. The Hall–Kier alpha value is -0.0800. The third-order valence-corrected chi connectivity index (χ3v) is 4.46. The molecule has 1 N–H and O–H groups in total. The summed E-state index contributed by atoms with van der Waals surface area (Å²) in [5, 5.41) is 3.79. The molecule has 0 bridgehead atoms. The smallest absolute Gasteiger partial charge is 0.0620 e. The van der Waals surface area contributed by atoms with E-state index >= 15 is 0 Å². The van der Waals surface area contributed by atoms with Gasteiger partial charge in [0.1, 0.15) is 0 Å². The maximum absolute atomic E-state index is 5.40. The summed E-state index contributed by atoms with van der Waals surface area (Å²) in [4.78, 5) is 0. The molecule has 2 saturated carbocycles. The topological polar surface area (TPSA) is 21.3 Å². The van der Waals surface area contributed by atoms with E-state index in [1.807, 2.05) is 0 Å². The van der Waals surface area contributed by atoms with Gasteiger partial charge < -0.3 is 10.1 Å². The third kappa shape index (κ3) is 1.59. The van der Waals surface area contributed by atoms with E-state index in [4.69, 9.17) is 4.74 Å². The summed E-state index contributed by atoms with van der Waals surface area (Å²) in [5.41, 5.74) is 0. The predicted octanol–water partition coefficient (Wildman–Crippen LogP) is 1.94. The highest BCUT2D eigenvalue weighted by atomic mass is 16.5. The minimum Gasteiger partial charge on any atom is -0.380 e. The summed E-state index contributed by atoms with van der Waals surface area (Å²) in [6, 6.07) is 1.51. The van der Waals surface area contributed by atoms with Gasteiger partial charge in [-0.2, -0.15) is 0 Å². The number of ether oxygens (including phenoxy) is 1. The number of hydrogen-bond acceptors (Lipinski definition) is 2. The zero-order valence-corrected chi connectivity index (χ0v) is 8.87. The van der Waals surface area contributed by atoms with Crippen LogP contribution in [0.15, 0.2) is 0 Å². The Bertz CT molecular complexity index is 196. The van der Waals surface area contributed by atoms with Crippen molar-refractivity contribution < 1.29 is 4.74 Å². The predicted molar refractivity (Wildman–Crippen MR) is 56.2 cm³/mol. The lowest BCUT2D eigenvalue weighted by Gasteiger charge is -2.47. The quantitative estimate of drug-likeness (QED) is 0.743. The molecular weight excluding hydrogens is 174 g/mol. The lowest BCUT2D eigenvalue weighted by atomic mass is 9.64. The van der Waals surface area contributed by atoms with Crippen molar-refractivity contribution in [3.05, 3.63) is 0 Å². The van der Waals surface area contributed by atoms with E-state index < -0.39 is 0 Å². The number of rotatable bonds is 3. The highest BCUT2D eigenvalue weighted by molar-refractivity contribution is 4.95. The van der Waals surface area contributed by atoms with Gasteiger partial charge in [0.15, 0.2) is 0 Å². The molecule has 3 aliphatic rings. The Morgan fingerprint density at radius 2 is 1.93 bits per heavy atom. The van der Waals surface area contributed by atoms with Gasteiger partial charge in [0, 0.05) is 18.7 Å². The monoisotopic (exact) mass is 195 g/mol. The van der Waals surface area contributed by atoms with Gasteiger partial charge in [-0.3, -0.25) is 0 Å². The first-order valence-corrected chi connectivity index (χ1v) is 6.27. The molecule has 2 aliphatic carbocycles. The average molecular weight is 195 g/mol. The van der Waals surface area contributed by atoms with Gasteiger partial charge in [0.2, 0.25) is 0 Å². The van der Waals surface area contributed by atoms with Gasteiger partial charge in [-0.05, 0) is 31.1 Å². The van der Waals surface area contributed by atoms with E-state index in [0.29, 0.717) is 6.04 Å². The molecule has 3 rings (SSSR count). The highest BCUT2D eigenvalue weighted by Crippen LogP contribution is 2.44. The standard InChI is InChI=1S/C12H21NO/c1-2-9(3-1)11-4-5-12(11)13-10-6-7-14-8-10/h9-13H,1-8H2. The van der Waals surface area contributed by atoms with Crippen LogP contribution in [-0.2, 0) is 4.74 Å². The largest absolute Gasteiger partial charge is 0.380 e. The van der Waals surface area contributed by atoms with Crippen LogP contribution in [0.4, 0.5) is 0 Å². The number of hydrogen-bond donors (Lipinski definition) is 1. The zero-order valence-electron chi connectivity index (χ0n) is 8.87. The summed E-state index contributed by atoms with van der Waals surface area (Å²) in [6.45, 7) is 1.92. The fourth-order valence-electron chi connectivity index (χ4n) is 3.13. The molecule has 2 heteroatoms. The molecule has 14 heavy (non-hydrogen) atoms. The van der Waals surface area contributed by atoms with E-state index in [2.05, 4.69) is 5.32 Å². The van der Waals surface area contributed by atoms with Crippen molar-refractivity contribution >= 4 is 0 Å².